The summed E-state index contributed by atoms with van der Waals surface area (Å²) in [5.74, 6) is 0.0342. The first-order valence-corrected chi connectivity index (χ1v) is 8.06. The molecular formula is C16H18BrNO2. The molecule has 1 heterocycles. The van der Waals surface area contributed by atoms with Gasteiger partial charge in [-0.1, -0.05) is 60.1 Å². The van der Waals surface area contributed by atoms with Gasteiger partial charge in [0.15, 0.2) is 0 Å². The Kier molecular flexibility index (Phi) is 3.24. The number of rotatable bonds is 4. The van der Waals surface area contributed by atoms with E-state index in [9.17, 15) is 9.59 Å². The number of halogens is 1. The van der Waals surface area contributed by atoms with E-state index < -0.39 is 0 Å². The summed E-state index contributed by atoms with van der Waals surface area (Å²) in [5, 5.41) is 0.743. The minimum absolute atomic E-state index is 0.0203. The first-order valence-electron chi connectivity index (χ1n) is 6.94. The van der Waals surface area contributed by atoms with E-state index >= 15 is 0 Å². The summed E-state index contributed by atoms with van der Waals surface area (Å²) in [6.07, 6.45) is 0. The first kappa shape index (κ1) is 13.8. The number of carbonyl (C=O) groups excluding carboxylic acids is 2. The maximum atomic E-state index is 12.3. The van der Waals surface area contributed by atoms with E-state index in [-0.39, 0.29) is 35.0 Å². The Morgan fingerprint density at radius 3 is 2.20 bits per heavy atom. The lowest BCUT2D eigenvalue weighted by molar-refractivity contribution is -0.143. The zero-order valence-corrected chi connectivity index (χ0v) is 13.3. The molecule has 106 valence electrons. The van der Waals surface area contributed by atoms with E-state index in [4.69, 9.17) is 0 Å². The highest BCUT2D eigenvalue weighted by molar-refractivity contribution is 9.09. The molecule has 1 aliphatic heterocycles. The number of benzene rings is 1. The number of imide groups is 1. The van der Waals surface area contributed by atoms with Crippen LogP contribution in [0.2, 0.25) is 0 Å². The molecule has 0 bridgehead atoms. The van der Waals surface area contributed by atoms with Crippen molar-refractivity contribution < 1.29 is 9.59 Å². The lowest BCUT2D eigenvalue weighted by atomic mass is 9.99. The summed E-state index contributed by atoms with van der Waals surface area (Å²) in [6.45, 7) is 4.50. The van der Waals surface area contributed by atoms with Gasteiger partial charge in [-0.05, 0) is 11.0 Å². The fourth-order valence-electron chi connectivity index (χ4n) is 3.37. The molecular weight excluding hydrogens is 318 g/mol. The van der Waals surface area contributed by atoms with Crippen LogP contribution in [0.1, 0.15) is 25.3 Å². The van der Waals surface area contributed by atoms with Crippen molar-refractivity contribution in [1.29, 1.82) is 0 Å². The molecule has 3 nitrogen and oxygen atoms in total. The fraction of sp³-hybridized carbons (Fsp3) is 0.500. The van der Waals surface area contributed by atoms with E-state index in [1.807, 2.05) is 44.2 Å². The second-order valence-electron chi connectivity index (χ2n) is 6.33. The highest BCUT2D eigenvalue weighted by atomic mass is 79.9. The molecule has 3 unspecified atom stereocenters. The predicted octanol–water partition coefficient (Wildman–Crippen LogP) is 2.81. The highest BCUT2D eigenvalue weighted by Crippen LogP contribution is 2.63. The number of carbonyl (C=O) groups is 2. The standard InChI is InChI=1S/C16H18BrNO2/c1-16(2)12-13(16)15(20)18(14(12)19)9-11(8-17)10-6-4-3-5-7-10/h3-7,11-13H,8-9H2,1-2H3. The molecule has 1 aliphatic carbocycles. The van der Waals surface area contributed by atoms with Crippen molar-refractivity contribution in [3.05, 3.63) is 35.9 Å². The van der Waals surface area contributed by atoms with Gasteiger partial charge < -0.3 is 0 Å². The van der Waals surface area contributed by atoms with Crippen LogP contribution in [0.4, 0.5) is 0 Å². The van der Waals surface area contributed by atoms with Crippen LogP contribution in [0.25, 0.3) is 0 Å². The molecule has 2 aliphatic rings. The van der Waals surface area contributed by atoms with E-state index in [0.717, 1.165) is 10.9 Å². The van der Waals surface area contributed by atoms with Gasteiger partial charge in [-0.15, -0.1) is 0 Å². The lowest BCUT2D eigenvalue weighted by Crippen LogP contribution is -2.39. The topological polar surface area (TPSA) is 37.4 Å². The third-order valence-corrected chi connectivity index (χ3v) is 5.53. The molecule has 0 spiro atoms. The molecule has 0 N–H and O–H groups in total. The maximum absolute atomic E-state index is 12.3. The molecule has 3 atom stereocenters. The van der Waals surface area contributed by atoms with Gasteiger partial charge in [-0.25, -0.2) is 0 Å². The smallest absolute Gasteiger partial charge is 0.233 e. The van der Waals surface area contributed by atoms with Crippen molar-refractivity contribution in [2.45, 2.75) is 19.8 Å². The van der Waals surface area contributed by atoms with Gasteiger partial charge in [-0.3, -0.25) is 14.5 Å². The van der Waals surface area contributed by atoms with E-state index in [1.165, 1.54) is 4.90 Å². The van der Waals surface area contributed by atoms with Crippen molar-refractivity contribution in [3.8, 4) is 0 Å². The van der Waals surface area contributed by atoms with Crippen LogP contribution < -0.4 is 0 Å². The quantitative estimate of drug-likeness (QED) is 0.626. The molecule has 1 aromatic rings. The molecule has 1 saturated carbocycles. The Morgan fingerprint density at radius 2 is 1.70 bits per heavy atom. The van der Waals surface area contributed by atoms with Gasteiger partial charge in [0, 0.05) is 17.8 Å². The molecule has 4 heteroatoms. The Balaban J connectivity index is 1.76. The number of piperidine rings is 1. The average molecular weight is 336 g/mol. The molecule has 0 radical (unpaired) electrons. The lowest BCUT2D eigenvalue weighted by Gasteiger charge is -2.25. The molecule has 20 heavy (non-hydrogen) atoms. The van der Waals surface area contributed by atoms with Crippen molar-refractivity contribution in [2.24, 2.45) is 17.3 Å². The number of hydrogen-bond acceptors (Lipinski definition) is 2. The highest BCUT2D eigenvalue weighted by Gasteiger charge is 2.72. The average Bonchev–Trinajstić information content (AvgIpc) is 2.91. The second kappa shape index (κ2) is 4.69. The van der Waals surface area contributed by atoms with Crippen LogP contribution in [0.5, 0.6) is 0 Å². The third-order valence-electron chi connectivity index (χ3n) is 4.75. The van der Waals surface area contributed by atoms with Crippen LogP contribution in [-0.4, -0.2) is 28.6 Å². The molecule has 2 fully saturated rings. The third kappa shape index (κ3) is 1.93. The van der Waals surface area contributed by atoms with Gasteiger partial charge in [0.1, 0.15) is 0 Å². The van der Waals surface area contributed by atoms with Crippen molar-refractivity contribution in [2.75, 3.05) is 11.9 Å². The minimum atomic E-state index is -0.124. The Bertz CT molecular complexity index is 531. The van der Waals surface area contributed by atoms with Gasteiger partial charge in [0.05, 0.1) is 11.8 Å². The zero-order valence-electron chi connectivity index (χ0n) is 11.7. The number of nitrogens with zero attached hydrogens (tertiary/aromatic N) is 1. The van der Waals surface area contributed by atoms with E-state index in [2.05, 4.69) is 15.9 Å². The summed E-state index contributed by atoms with van der Waals surface area (Å²) in [4.78, 5) is 26.2. The summed E-state index contributed by atoms with van der Waals surface area (Å²) >= 11 is 3.50. The minimum Gasteiger partial charge on any atom is -0.281 e. The summed E-state index contributed by atoms with van der Waals surface area (Å²) in [5.41, 5.74) is 1.03. The number of amides is 2. The Morgan fingerprint density at radius 1 is 1.15 bits per heavy atom. The largest absolute Gasteiger partial charge is 0.281 e. The number of hydrogen-bond donors (Lipinski definition) is 0. The zero-order chi connectivity index (χ0) is 14.5. The summed E-state index contributed by atoms with van der Waals surface area (Å²) in [7, 11) is 0. The molecule has 1 aromatic carbocycles. The Hall–Kier alpha value is -1.16. The first-order chi connectivity index (χ1) is 9.48. The number of likely N-dealkylation sites (tertiary alicyclic amines) is 1. The number of alkyl halides is 1. The van der Waals surface area contributed by atoms with Gasteiger partial charge in [-0.2, -0.15) is 0 Å². The SMILES string of the molecule is CC1(C)C2C(=O)N(CC(CBr)c3ccccc3)C(=O)C21. The van der Waals surface area contributed by atoms with Crippen molar-refractivity contribution >= 4 is 27.7 Å². The van der Waals surface area contributed by atoms with Gasteiger partial charge >= 0.3 is 0 Å². The van der Waals surface area contributed by atoms with Crippen LogP contribution in [0.3, 0.4) is 0 Å². The monoisotopic (exact) mass is 335 g/mol. The van der Waals surface area contributed by atoms with Crippen LogP contribution in [0.15, 0.2) is 30.3 Å². The van der Waals surface area contributed by atoms with E-state index in [0.29, 0.717) is 6.54 Å². The summed E-state index contributed by atoms with van der Waals surface area (Å²) < 4.78 is 0. The molecule has 0 aromatic heterocycles. The molecule has 3 rings (SSSR count). The van der Waals surface area contributed by atoms with Crippen molar-refractivity contribution in [1.82, 2.24) is 4.90 Å². The normalized spacial score (nSPS) is 28.4. The van der Waals surface area contributed by atoms with Crippen molar-refractivity contribution in [3.63, 3.8) is 0 Å². The van der Waals surface area contributed by atoms with Crippen LogP contribution in [-0.2, 0) is 9.59 Å². The fourth-order valence-corrected chi connectivity index (χ4v) is 3.95. The Labute approximate surface area is 127 Å². The molecule has 1 saturated heterocycles. The van der Waals surface area contributed by atoms with Gasteiger partial charge in [0.25, 0.3) is 0 Å². The predicted molar refractivity (Wildman–Crippen MR) is 80.5 cm³/mol. The molecule has 2 amide bonds. The van der Waals surface area contributed by atoms with Crippen LogP contribution in [0, 0.1) is 17.3 Å². The van der Waals surface area contributed by atoms with E-state index in [1.54, 1.807) is 0 Å². The number of fused-ring (bicyclic) bond motifs is 1. The second-order valence-corrected chi connectivity index (χ2v) is 6.97. The van der Waals surface area contributed by atoms with Gasteiger partial charge in [0.2, 0.25) is 11.8 Å². The summed E-state index contributed by atoms with van der Waals surface area (Å²) in [6, 6.07) is 10.0. The van der Waals surface area contributed by atoms with Crippen LogP contribution >= 0.6 is 15.9 Å². The maximum Gasteiger partial charge on any atom is 0.233 e.